The van der Waals surface area contributed by atoms with E-state index in [1.165, 1.54) is 0 Å². The van der Waals surface area contributed by atoms with Crippen molar-refractivity contribution in [3.8, 4) is 0 Å². The molecule has 0 spiro atoms. The van der Waals surface area contributed by atoms with Crippen LogP contribution in [0.2, 0.25) is 13.1 Å². The van der Waals surface area contributed by atoms with E-state index >= 15 is 0 Å². The first-order valence-electron chi connectivity index (χ1n) is 5.54. The van der Waals surface area contributed by atoms with Crippen LogP contribution in [0.5, 0.6) is 0 Å². The summed E-state index contributed by atoms with van der Waals surface area (Å²) in [5, 5.41) is 0. The summed E-state index contributed by atoms with van der Waals surface area (Å²) in [6.45, 7) is 12.9. The van der Waals surface area contributed by atoms with Crippen molar-refractivity contribution in [2.45, 2.75) is 52.0 Å². The van der Waals surface area contributed by atoms with Gasteiger partial charge in [-0.05, 0) is 41.8 Å². The summed E-state index contributed by atoms with van der Waals surface area (Å²) in [5.74, 6) is 0. The van der Waals surface area contributed by atoms with Gasteiger partial charge in [0.05, 0.1) is 11.2 Å². The molecule has 0 N–H and O–H groups in total. The number of hydrogen-bond acceptors (Lipinski definition) is 3. The minimum absolute atomic E-state index is 0.0440. The van der Waals surface area contributed by atoms with E-state index in [2.05, 4.69) is 59.4 Å². The van der Waals surface area contributed by atoms with Crippen molar-refractivity contribution in [2.75, 3.05) is 14.1 Å². The molecule has 0 unspecified atom stereocenters. The average Bonchev–Trinajstić information content (AvgIpc) is 2.21. The molecule has 15 heavy (non-hydrogen) atoms. The Morgan fingerprint density at radius 2 is 1.27 bits per heavy atom. The van der Waals surface area contributed by atoms with Gasteiger partial charge in [0.25, 0.3) is 0 Å². The Kier molecular flexibility index (Phi) is 3.16. The molecule has 1 aliphatic heterocycles. The van der Waals surface area contributed by atoms with E-state index in [0.717, 1.165) is 0 Å². The first-order chi connectivity index (χ1) is 6.51. The molecule has 0 aliphatic carbocycles. The highest BCUT2D eigenvalue weighted by Gasteiger charge is 2.57. The van der Waals surface area contributed by atoms with Gasteiger partial charge in [-0.1, -0.05) is 13.1 Å². The topological polar surface area (TPSA) is 21.7 Å². The highest BCUT2D eigenvalue weighted by Crippen LogP contribution is 2.39. The Balaban J connectivity index is 2.88. The van der Waals surface area contributed by atoms with Crippen molar-refractivity contribution in [3.63, 3.8) is 0 Å². The Labute approximate surface area is 95.3 Å². The molecule has 1 rings (SSSR count). The van der Waals surface area contributed by atoms with Crippen LogP contribution in [-0.4, -0.2) is 44.7 Å². The molecule has 5 heteroatoms. The lowest BCUT2D eigenvalue weighted by Gasteiger charge is -2.32. The summed E-state index contributed by atoms with van der Waals surface area (Å²) >= 11 is 0. The van der Waals surface area contributed by atoms with Crippen LogP contribution in [-0.2, 0) is 9.31 Å². The first kappa shape index (κ1) is 13.2. The fraction of sp³-hybridized carbons (Fsp3) is 1.00. The van der Waals surface area contributed by atoms with Crippen molar-refractivity contribution in [3.05, 3.63) is 0 Å². The van der Waals surface area contributed by atoms with Gasteiger partial charge >= 0.3 is 6.71 Å². The lowest BCUT2D eigenvalue weighted by atomic mass is 9.90. The molecule has 0 saturated carbocycles. The summed E-state index contributed by atoms with van der Waals surface area (Å²) in [6.07, 6.45) is 0. The molecular formula is C10H24BNO2Si. The van der Waals surface area contributed by atoms with Gasteiger partial charge in [0.2, 0.25) is 0 Å². The Morgan fingerprint density at radius 1 is 0.933 bits per heavy atom. The van der Waals surface area contributed by atoms with E-state index in [1.54, 1.807) is 0 Å². The van der Waals surface area contributed by atoms with Gasteiger partial charge in [-0.2, -0.15) is 0 Å². The van der Waals surface area contributed by atoms with Crippen LogP contribution >= 0.6 is 0 Å². The van der Waals surface area contributed by atoms with Gasteiger partial charge in [0, 0.05) is 0 Å². The molecular weight excluding hydrogens is 205 g/mol. The zero-order valence-corrected chi connectivity index (χ0v) is 12.3. The maximum absolute atomic E-state index is 6.09. The molecule has 0 atom stereocenters. The maximum Gasteiger partial charge on any atom is 0.452 e. The molecule has 1 aliphatic rings. The zero-order valence-electron chi connectivity index (χ0n) is 11.3. The molecule has 0 amide bonds. The lowest BCUT2D eigenvalue weighted by Crippen LogP contribution is -2.58. The third kappa shape index (κ3) is 2.16. The molecule has 0 aromatic heterocycles. The Bertz CT molecular complexity index is 238. The van der Waals surface area contributed by atoms with E-state index in [4.69, 9.17) is 9.31 Å². The fourth-order valence-corrected chi connectivity index (χ4v) is 2.93. The predicted molar refractivity (Wildman–Crippen MR) is 67.3 cm³/mol. The second-order valence-corrected chi connectivity index (χ2v) is 10.8. The van der Waals surface area contributed by atoms with Crippen molar-refractivity contribution in [1.29, 1.82) is 0 Å². The summed E-state index contributed by atoms with van der Waals surface area (Å²) in [5.41, 5.74) is -0.421. The fourth-order valence-electron chi connectivity index (χ4n) is 1.34. The SMILES string of the molecule is CN(C)[Si](C)(C)B1OC(C)(C)C(C)(C)O1. The summed E-state index contributed by atoms with van der Waals surface area (Å²) in [6, 6.07) is 0. The molecule has 3 nitrogen and oxygen atoms in total. The van der Waals surface area contributed by atoms with Gasteiger partial charge in [-0.3, -0.25) is 0 Å². The van der Waals surface area contributed by atoms with Crippen molar-refractivity contribution < 1.29 is 9.31 Å². The van der Waals surface area contributed by atoms with Gasteiger partial charge in [-0.25, -0.2) is 0 Å². The lowest BCUT2D eigenvalue weighted by molar-refractivity contribution is 0.00578. The van der Waals surface area contributed by atoms with E-state index in [-0.39, 0.29) is 17.9 Å². The molecule has 1 fully saturated rings. The van der Waals surface area contributed by atoms with E-state index in [0.29, 0.717) is 0 Å². The van der Waals surface area contributed by atoms with E-state index in [1.807, 2.05) is 0 Å². The van der Waals surface area contributed by atoms with Crippen LogP contribution in [0.25, 0.3) is 0 Å². The van der Waals surface area contributed by atoms with Crippen LogP contribution in [0.1, 0.15) is 27.7 Å². The molecule has 0 aromatic rings. The summed E-state index contributed by atoms with van der Waals surface area (Å²) in [7, 11) is 2.58. The second kappa shape index (κ2) is 3.58. The third-order valence-corrected chi connectivity index (χ3v) is 7.68. The second-order valence-electron chi connectivity index (χ2n) is 6.14. The van der Waals surface area contributed by atoms with Crippen molar-refractivity contribution >= 4 is 14.8 Å². The van der Waals surface area contributed by atoms with Crippen LogP contribution < -0.4 is 0 Å². The summed E-state index contributed by atoms with van der Waals surface area (Å²) in [4.78, 5) is 0. The monoisotopic (exact) mass is 229 g/mol. The Morgan fingerprint density at radius 3 is 1.53 bits per heavy atom. The van der Waals surface area contributed by atoms with Gasteiger partial charge in [0.1, 0.15) is 0 Å². The molecule has 0 radical (unpaired) electrons. The third-order valence-electron chi connectivity index (χ3n) is 3.98. The normalized spacial score (nSPS) is 25.0. The van der Waals surface area contributed by atoms with E-state index < -0.39 is 8.11 Å². The van der Waals surface area contributed by atoms with Crippen molar-refractivity contribution in [1.82, 2.24) is 4.57 Å². The number of hydrogen-bond donors (Lipinski definition) is 0. The predicted octanol–water partition coefficient (Wildman–Crippen LogP) is 1.92. The van der Waals surface area contributed by atoms with Crippen LogP contribution in [0.4, 0.5) is 0 Å². The molecule has 88 valence electrons. The molecule has 0 bridgehead atoms. The van der Waals surface area contributed by atoms with Gasteiger partial charge in [-0.15, -0.1) is 0 Å². The number of nitrogens with zero attached hydrogens (tertiary/aromatic N) is 1. The van der Waals surface area contributed by atoms with Gasteiger partial charge in [0.15, 0.2) is 8.11 Å². The number of rotatable bonds is 2. The smallest absolute Gasteiger partial charge is 0.405 e. The van der Waals surface area contributed by atoms with Crippen LogP contribution in [0.15, 0.2) is 0 Å². The van der Waals surface area contributed by atoms with Crippen molar-refractivity contribution in [2.24, 2.45) is 0 Å². The molecule has 1 saturated heterocycles. The quantitative estimate of drug-likeness (QED) is 0.675. The standard InChI is InChI=1S/C10H24BNO2Si/c1-9(2)10(3,4)14-11(13-9)15(7,8)12(5)6/h1-8H3. The highest BCUT2D eigenvalue weighted by molar-refractivity contribution is 7.26. The first-order valence-corrected chi connectivity index (χ1v) is 8.56. The average molecular weight is 229 g/mol. The van der Waals surface area contributed by atoms with Crippen LogP contribution in [0, 0.1) is 0 Å². The zero-order chi connectivity index (χ0) is 12.1. The largest absolute Gasteiger partial charge is 0.452 e. The minimum atomic E-state index is -1.64. The summed E-state index contributed by atoms with van der Waals surface area (Å²) < 4.78 is 14.4. The highest BCUT2D eigenvalue weighted by atomic mass is 28.3. The molecule has 0 aromatic carbocycles. The Hall–Kier alpha value is 0.162. The van der Waals surface area contributed by atoms with E-state index in [9.17, 15) is 0 Å². The minimum Gasteiger partial charge on any atom is -0.405 e. The van der Waals surface area contributed by atoms with Gasteiger partial charge < -0.3 is 13.9 Å². The molecule has 1 heterocycles. The van der Waals surface area contributed by atoms with Crippen LogP contribution in [0.3, 0.4) is 0 Å². The maximum atomic E-state index is 6.09.